The van der Waals surface area contributed by atoms with Crippen LogP contribution in [0.15, 0.2) is 91.0 Å². The van der Waals surface area contributed by atoms with Gasteiger partial charge in [-0.25, -0.2) is 0 Å². The van der Waals surface area contributed by atoms with E-state index in [1.54, 1.807) is 0 Å². The second-order valence-electron chi connectivity index (χ2n) is 7.67. The Hall–Kier alpha value is -3.12. The molecule has 0 unspecified atom stereocenters. The lowest BCUT2D eigenvalue weighted by Crippen LogP contribution is -1.88. The van der Waals surface area contributed by atoms with Gasteiger partial charge in [-0.3, -0.25) is 0 Å². The summed E-state index contributed by atoms with van der Waals surface area (Å²) >= 11 is 0. The van der Waals surface area contributed by atoms with E-state index in [0.29, 0.717) is 5.92 Å². The molecule has 0 amide bonds. The zero-order valence-corrected chi connectivity index (χ0v) is 15.7. The van der Waals surface area contributed by atoms with Crippen molar-refractivity contribution in [3.63, 3.8) is 0 Å². The molecule has 0 heteroatoms. The predicted octanol–water partition coefficient (Wildman–Crippen LogP) is 7.94. The molecule has 5 rings (SSSR count). The minimum atomic E-state index is 0.554. The molecule has 0 atom stereocenters. The molecule has 0 aliphatic rings. The SMILES string of the molecule is CC(C)c1ccc2cc(-c3cc4ccccc4c4ccccc34)ccc2c1. The first-order valence-electron chi connectivity index (χ1n) is 9.65. The number of hydrogen-bond acceptors (Lipinski definition) is 0. The Labute approximate surface area is 160 Å². The summed E-state index contributed by atoms with van der Waals surface area (Å²) in [6.45, 7) is 4.49. The van der Waals surface area contributed by atoms with Gasteiger partial charge < -0.3 is 0 Å². The summed E-state index contributed by atoms with van der Waals surface area (Å²) in [4.78, 5) is 0. The Balaban J connectivity index is 1.78. The van der Waals surface area contributed by atoms with Crippen molar-refractivity contribution in [1.29, 1.82) is 0 Å². The van der Waals surface area contributed by atoms with Crippen molar-refractivity contribution in [3.05, 3.63) is 96.6 Å². The summed E-state index contributed by atoms with van der Waals surface area (Å²) in [7, 11) is 0. The Morgan fingerprint density at radius 1 is 0.519 bits per heavy atom. The van der Waals surface area contributed by atoms with Gasteiger partial charge in [0.25, 0.3) is 0 Å². The van der Waals surface area contributed by atoms with E-state index in [1.165, 1.54) is 49.0 Å². The summed E-state index contributed by atoms with van der Waals surface area (Å²) in [5.41, 5.74) is 3.98. The standard InChI is InChI=1S/C27H22/c1-18(2)19-11-12-21-16-23(14-13-20(21)15-19)27-17-22-7-3-4-8-24(22)25-9-5-6-10-26(25)27/h3-18H,1-2H3. The first-order valence-corrected chi connectivity index (χ1v) is 9.65. The van der Waals surface area contributed by atoms with Gasteiger partial charge in [0.05, 0.1) is 0 Å². The number of rotatable bonds is 2. The van der Waals surface area contributed by atoms with E-state index >= 15 is 0 Å². The monoisotopic (exact) mass is 346 g/mol. The van der Waals surface area contributed by atoms with Crippen LogP contribution in [0.2, 0.25) is 0 Å². The molecule has 0 spiro atoms. The topological polar surface area (TPSA) is 0 Å². The van der Waals surface area contributed by atoms with E-state index in [9.17, 15) is 0 Å². The molecular weight excluding hydrogens is 324 g/mol. The molecule has 0 radical (unpaired) electrons. The Morgan fingerprint density at radius 2 is 1.19 bits per heavy atom. The highest BCUT2D eigenvalue weighted by atomic mass is 14.1. The van der Waals surface area contributed by atoms with Crippen molar-refractivity contribution in [2.24, 2.45) is 0 Å². The van der Waals surface area contributed by atoms with Gasteiger partial charge in [-0.05, 0) is 67.1 Å². The van der Waals surface area contributed by atoms with Gasteiger partial charge in [0.15, 0.2) is 0 Å². The molecular formula is C27H22. The molecule has 5 aromatic rings. The Morgan fingerprint density at radius 3 is 2.00 bits per heavy atom. The van der Waals surface area contributed by atoms with Crippen molar-refractivity contribution in [2.75, 3.05) is 0 Å². The molecule has 0 N–H and O–H groups in total. The lowest BCUT2D eigenvalue weighted by molar-refractivity contribution is 0.869. The summed E-state index contributed by atoms with van der Waals surface area (Å²) in [5, 5.41) is 7.86. The maximum atomic E-state index is 2.33. The molecule has 0 aromatic heterocycles. The third-order valence-electron chi connectivity index (χ3n) is 5.61. The molecule has 0 saturated heterocycles. The zero-order chi connectivity index (χ0) is 18.4. The fraction of sp³-hybridized carbons (Fsp3) is 0.111. The van der Waals surface area contributed by atoms with Crippen LogP contribution in [0.3, 0.4) is 0 Å². The predicted molar refractivity (Wildman–Crippen MR) is 118 cm³/mol. The minimum Gasteiger partial charge on any atom is -0.0616 e. The normalized spacial score (nSPS) is 11.7. The minimum absolute atomic E-state index is 0.554. The third-order valence-corrected chi connectivity index (χ3v) is 5.61. The molecule has 5 aromatic carbocycles. The van der Waals surface area contributed by atoms with Crippen LogP contribution < -0.4 is 0 Å². The number of benzene rings is 5. The van der Waals surface area contributed by atoms with Crippen molar-refractivity contribution in [2.45, 2.75) is 19.8 Å². The molecule has 130 valence electrons. The van der Waals surface area contributed by atoms with Crippen LogP contribution in [0.4, 0.5) is 0 Å². The Bertz CT molecular complexity index is 1290. The lowest BCUT2D eigenvalue weighted by atomic mass is 9.91. The molecule has 0 bridgehead atoms. The maximum absolute atomic E-state index is 2.33. The zero-order valence-electron chi connectivity index (χ0n) is 15.7. The van der Waals surface area contributed by atoms with E-state index < -0.39 is 0 Å². The number of hydrogen-bond donors (Lipinski definition) is 0. The van der Waals surface area contributed by atoms with Gasteiger partial charge in [-0.1, -0.05) is 92.7 Å². The first kappa shape index (κ1) is 16.1. The van der Waals surface area contributed by atoms with E-state index in [4.69, 9.17) is 0 Å². The molecule has 0 nitrogen and oxygen atoms in total. The first-order chi connectivity index (χ1) is 13.2. The quantitative estimate of drug-likeness (QED) is 0.285. The van der Waals surface area contributed by atoms with Crippen LogP contribution in [-0.2, 0) is 0 Å². The van der Waals surface area contributed by atoms with Crippen molar-refractivity contribution in [1.82, 2.24) is 0 Å². The third kappa shape index (κ3) is 2.69. The maximum Gasteiger partial charge on any atom is -0.00988 e. The molecule has 27 heavy (non-hydrogen) atoms. The summed E-state index contributed by atoms with van der Waals surface area (Å²) < 4.78 is 0. The van der Waals surface area contributed by atoms with E-state index in [0.717, 1.165) is 0 Å². The summed E-state index contributed by atoms with van der Waals surface area (Å²) in [6.07, 6.45) is 0. The highest BCUT2D eigenvalue weighted by Crippen LogP contribution is 2.36. The van der Waals surface area contributed by atoms with Crippen LogP contribution in [-0.4, -0.2) is 0 Å². The highest BCUT2D eigenvalue weighted by molar-refractivity contribution is 6.14. The van der Waals surface area contributed by atoms with Gasteiger partial charge in [-0.2, -0.15) is 0 Å². The fourth-order valence-electron chi connectivity index (χ4n) is 4.08. The second-order valence-corrected chi connectivity index (χ2v) is 7.67. The van der Waals surface area contributed by atoms with E-state index in [-0.39, 0.29) is 0 Å². The van der Waals surface area contributed by atoms with Gasteiger partial charge in [-0.15, -0.1) is 0 Å². The molecule has 0 aliphatic carbocycles. The van der Waals surface area contributed by atoms with Gasteiger partial charge >= 0.3 is 0 Å². The van der Waals surface area contributed by atoms with E-state index in [1.807, 2.05) is 0 Å². The van der Waals surface area contributed by atoms with Crippen LogP contribution in [0, 0.1) is 0 Å². The van der Waals surface area contributed by atoms with Crippen molar-refractivity contribution in [3.8, 4) is 11.1 Å². The average Bonchev–Trinajstić information content (AvgIpc) is 2.72. The largest absolute Gasteiger partial charge is 0.0616 e. The average molecular weight is 346 g/mol. The second kappa shape index (κ2) is 6.25. The van der Waals surface area contributed by atoms with Crippen LogP contribution in [0.25, 0.3) is 43.4 Å². The highest BCUT2D eigenvalue weighted by Gasteiger charge is 2.09. The molecule has 0 heterocycles. The molecule has 0 saturated carbocycles. The van der Waals surface area contributed by atoms with Gasteiger partial charge in [0, 0.05) is 0 Å². The van der Waals surface area contributed by atoms with E-state index in [2.05, 4.69) is 105 Å². The van der Waals surface area contributed by atoms with Crippen LogP contribution in [0.1, 0.15) is 25.3 Å². The van der Waals surface area contributed by atoms with Crippen LogP contribution >= 0.6 is 0 Å². The molecule has 0 aliphatic heterocycles. The van der Waals surface area contributed by atoms with Crippen LogP contribution in [0.5, 0.6) is 0 Å². The Kier molecular flexibility index (Phi) is 3.72. The smallest absolute Gasteiger partial charge is 0.00988 e. The number of fused-ring (bicyclic) bond motifs is 4. The van der Waals surface area contributed by atoms with Crippen molar-refractivity contribution >= 4 is 32.3 Å². The summed E-state index contributed by atoms with van der Waals surface area (Å²) in [5.74, 6) is 0.554. The lowest BCUT2D eigenvalue weighted by Gasteiger charge is -2.12. The molecule has 0 fully saturated rings. The fourth-order valence-corrected chi connectivity index (χ4v) is 4.08. The van der Waals surface area contributed by atoms with Gasteiger partial charge in [0.1, 0.15) is 0 Å². The summed E-state index contributed by atoms with van der Waals surface area (Å²) in [6, 6.07) is 33.4. The van der Waals surface area contributed by atoms with Gasteiger partial charge in [0.2, 0.25) is 0 Å². The van der Waals surface area contributed by atoms with Crippen molar-refractivity contribution < 1.29 is 0 Å².